The van der Waals surface area contributed by atoms with Gasteiger partial charge in [-0.15, -0.1) is 0 Å². The minimum absolute atomic E-state index is 0.0703. The topological polar surface area (TPSA) is 103 Å². The summed E-state index contributed by atoms with van der Waals surface area (Å²) in [6, 6.07) is 11.6. The molecule has 0 aliphatic rings. The first-order chi connectivity index (χ1) is 16.4. The van der Waals surface area contributed by atoms with Gasteiger partial charge in [0.25, 0.3) is 5.91 Å². The van der Waals surface area contributed by atoms with Gasteiger partial charge in [-0.05, 0) is 61.3 Å². The van der Waals surface area contributed by atoms with Gasteiger partial charge in [0, 0.05) is 23.9 Å². The van der Waals surface area contributed by atoms with Crippen LogP contribution in [-0.4, -0.2) is 41.9 Å². The monoisotopic (exact) mass is 514 g/mol. The molecule has 188 valence electrons. The van der Waals surface area contributed by atoms with Gasteiger partial charge in [-0.1, -0.05) is 44.5 Å². The summed E-state index contributed by atoms with van der Waals surface area (Å²) in [5.74, 6) is 0.774. The third kappa shape index (κ3) is 6.93. The van der Waals surface area contributed by atoms with Crippen molar-refractivity contribution in [1.82, 2.24) is 15.0 Å². The van der Waals surface area contributed by atoms with E-state index >= 15 is 0 Å². The molecule has 2 heterocycles. The average Bonchev–Trinajstić information content (AvgIpc) is 3.26. The van der Waals surface area contributed by atoms with E-state index < -0.39 is 14.2 Å². The van der Waals surface area contributed by atoms with Gasteiger partial charge in [0.15, 0.2) is 8.32 Å². The van der Waals surface area contributed by atoms with Crippen LogP contribution in [0.5, 0.6) is 5.75 Å². The highest BCUT2D eigenvalue weighted by Gasteiger charge is 2.40. The molecule has 0 aliphatic heterocycles. The molecular formula is C26H35ClN4O3Si. The smallest absolute Gasteiger partial charge is 0.268 e. The van der Waals surface area contributed by atoms with E-state index in [9.17, 15) is 4.79 Å². The minimum atomic E-state index is -2.02. The number of benzene rings is 1. The van der Waals surface area contributed by atoms with Crippen LogP contribution in [-0.2, 0) is 4.43 Å². The quantitative estimate of drug-likeness (QED) is 0.248. The summed E-state index contributed by atoms with van der Waals surface area (Å²) in [5.41, 5.74) is 7.60. The van der Waals surface area contributed by atoms with E-state index in [0.717, 1.165) is 16.9 Å². The summed E-state index contributed by atoms with van der Waals surface area (Å²) < 4.78 is 12.8. The molecule has 0 radical (unpaired) electrons. The fraction of sp³-hybridized carbons (Fsp3) is 0.423. The second-order valence-corrected chi connectivity index (χ2v) is 15.4. The van der Waals surface area contributed by atoms with E-state index in [-0.39, 0.29) is 22.8 Å². The van der Waals surface area contributed by atoms with Gasteiger partial charge in [0.2, 0.25) is 0 Å². The van der Waals surface area contributed by atoms with Crippen molar-refractivity contribution >= 4 is 25.8 Å². The van der Waals surface area contributed by atoms with Crippen LogP contribution in [0.2, 0.25) is 23.3 Å². The van der Waals surface area contributed by atoms with Gasteiger partial charge >= 0.3 is 0 Å². The Morgan fingerprint density at radius 3 is 2.54 bits per heavy atom. The van der Waals surface area contributed by atoms with Gasteiger partial charge < -0.3 is 19.9 Å². The Hall–Kier alpha value is -2.68. The predicted molar refractivity (Wildman–Crippen MR) is 142 cm³/mol. The number of rotatable bonds is 10. The van der Waals surface area contributed by atoms with Crippen LogP contribution in [0.15, 0.2) is 48.8 Å². The third-order valence-corrected chi connectivity index (χ3v) is 11.4. The lowest BCUT2D eigenvalue weighted by Gasteiger charge is -2.40. The highest BCUT2D eigenvalue weighted by atomic mass is 35.5. The number of carbonyl (C=O) groups is 1. The number of hydrogen-bond acceptors (Lipinski definition) is 5. The van der Waals surface area contributed by atoms with Crippen LogP contribution >= 0.6 is 11.6 Å². The maximum Gasteiger partial charge on any atom is 0.268 e. The second-order valence-electron chi connectivity index (χ2n) is 10.3. The summed E-state index contributed by atoms with van der Waals surface area (Å²) >= 11 is 5.91. The third-order valence-electron chi connectivity index (χ3n) is 6.65. The number of pyridine rings is 1. The van der Waals surface area contributed by atoms with Gasteiger partial charge in [0.05, 0.1) is 12.7 Å². The lowest BCUT2D eigenvalue weighted by molar-refractivity contribution is 0.0995. The SMILES string of the molecule is C[C@H](O[Si](C)(C)C(C)(C)C)[C@H](CCOc1cccc(-c2ccc(Cl)nc2)c1)c1nc(C(N)=O)c[nH]1. The normalized spacial score (nSPS) is 13.9. The van der Waals surface area contributed by atoms with E-state index in [4.69, 9.17) is 26.5 Å². The molecule has 35 heavy (non-hydrogen) atoms. The average molecular weight is 515 g/mol. The van der Waals surface area contributed by atoms with E-state index in [0.29, 0.717) is 24.0 Å². The number of primary amides is 1. The van der Waals surface area contributed by atoms with Gasteiger partial charge in [-0.25, -0.2) is 9.97 Å². The lowest BCUT2D eigenvalue weighted by atomic mass is 9.99. The van der Waals surface area contributed by atoms with E-state index in [1.807, 2.05) is 30.3 Å². The molecule has 3 aromatic rings. The molecule has 9 heteroatoms. The Morgan fingerprint density at radius 2 is 1.94 bits per heavy atom. The van der Waals surface area contributed by atoms with Gasteiger partial charge in [0.1, 0.15) is 22.4 Å². The van der Waals surface area contributed by atoms with Crippen LogP contribution in [0.4, 0.5) is 0 Å². The summed E-state index contributed by atoms with van der Waals surface area (Å²) in [4.78, 5) is 23.3. The summed E-state index contributed by atoms with van der Waals surface area (Å²) in [6.07, 6.45) is 3.81. The fourth-order valence-electron chi connectivity index (χ4n) is 3.59. The molecule has 0 saturated heterocycles. The summed E-state index contributed by atoms with van der Waals surface area (Å²) in [7, 11) is -2.02. The van der Waals surface area contributed by atoms with Crippen molar-refractivity contribution in [2.24, 2.45) is 5.73 Å². The van der Waals surface area contributed by atoms with E-state index in [1.54, 1.807) is 18.5 Å². The van der Waals surface area contributed by atoms with Crippen LogP contribution in [0, 0.1) is 0 Å². The largest absolute Gasteiger partial charge is 0.494 e. The number of aromatic nitrogens is 3. The molecule has 0 spiro atoms. The first-order valence-electron chi connectivity index (χ1n) is 11.7. The molecule has 7 nitrogen and oxygen atoms in total. The van der Waals surface area contributed by atoms with Crippen molar-refractivity contribution in [3.05, 3.63) is 65.5 Å². The Labute approximate surface area is 213 Å². The van der Waals surface area contributed by atoms with E-state index in [2.05, 4.69) is 55.7 Å². The lowest BCUT2D eigenvalue weighted by Crippen LogP contribution is -2.44. The first-order valence-corrected chi connectivity index (χ1v) is 15.0. The molecule has 0 saturated carbocycles. The molecular weight excluding hydrogens is 480 g/mol. The van der Waals surface area contributed by atoms with Crippen LogP contribution in [0.3, 0.4) is 0 Å². The van der Waals surface area contributed by atoms with Crippen LogP contribution < -0.4 is 10.5 Å². The highest BCUT2D eigenvalue weighted by Crippen LogP contribution is 2.39. The number of hydrogen-bond donors (Lipinski definition) is 2. The predicted octanol–water partition coefficient (Wildman–Crippen LogP) is 6.19. The number of amides is 1. The van der Waals surface area contributed by atoms with Gasteiger partial charge in [-0.2, -0.15) is 0 Å². The number of imidazole rings is 1. The van der Waals surface area contributed by atoms with E-state index in [1.165, 1.54) is 0 Å². The highest BCUT2D eigenvalue weighted by molar-refractivity contribution is 6.74. The van der Waals surface area contributed by atoms with Gasteiger partial charge in [-0.3, -0.25) is 4.79 Å². The molecule has 1 aromatic carbocycles. The molecule has 2 aromatic heterocycles. The Bertz CT molecular complexity index is 1140. The number of carbonyl (C=O) groups excluding carboxylic acids is 1. The fourth-order valence-corrected chi connectivity index (χ4v) is 5.15. The molecule has 3 N–H and O–H groups in total. The second kappa shape index (κ2) is 10.9. The number of H-pyrrole nitrogens is 1. The summed E-state index contributed by atoms with van der Waals surface area (Å²) in [6.45, 7) is 13.6. The zero-order valence-corrected chi connectivity index (χ0v) is 23.0. The number of halogens is 1. The van der Waals surface area contributed by atoms with Crippen molar-refractivity contribution in [2.75, 3.05) is 6.61 Å². The molecule has 0 fully saturated rings. The Kier molecular flexibility index (Phi) is 8.40. The number of nitrogens with zero attached hydrogens (tertiary/aromatic N) is 2. The van der Waals surface area contributed by atoms with Crippen molar-refractivity contribution < 1.29 is 14.0 Å². The molecule has 2 atom stereocenters. The maximum atomic E-state index is 11.6. The molecule has 0 unspecified atom stereocenters. The zero-order valence-electron chi connectivity index (χ0n) is 21.3. The Morgan fingerprint density at radius 1 is 1.20 bits per heavy atom. The summed E-state index contributed by atoms with van der Waals surface area (Å²) in [5, 5.41) is 0.527. The van der Waals surface area contributed by atoms with Crippen molar-refractivity contribution in [3.8, 4) is 16.9 Å². The molecule has 0 bridgehead atoms. The molecule has 3 rings (SSSR count). The van der Waals surface area contributed by atoms with Crippen molar-refractivity contribution in [2.45, 2.75) is 64.3 Å². The minimum Gasteiger partial charge on any atom is -0.494 e. The van der Waals surface area contributed by atoms with Crippen LogP contribution in [0.1, 0.15) is 56.3 Å². The first kappa shape index (κ1) is 26.9. The number of ether oxygens (including phenoxy) is 1. The molecule has 0 aliphatic carbocycles. The number of nitrogens with one attached hydrogen (secondary N) is 1. The standard InChI is InChI=1S/C26H35ClN4O3Si/c1-17(34-35(5,6)26(2,3)4)21(25-30-16-22(31-25)24(28)32)12-13-33-20-9-7-8-18(14-20)19-10-11-23(27)29-15-19/h7-11,14-17,21H,12-13H2,1-6H3,(H2,28,32)(H,30,31)/t17-,21-/m0/s1. The number of nitrogens with two attached hydrogens (primary N) is 1. The van der Waals surface area contributed by atoms with Crippen molar-refractivity contribution in [1.29, 1.82) is 0 Å². The maximum absolute atomic E-state index is 11.6. The number of aromatic amines is 1. The van der Waals surface area contributed by atoms with Crippen molar-refractivity contribution in [3.63, 3.8) is 0 Å². The molecule has 1 amide bonds. The Balaban J connectivity index is 1.75. The zero-order chi connectivity index (χ0) is 25.8. The van der Waals surface area contributed by atoms with Crippen LogP contribution in [0.25, 0.3) is 11.1 Å².